The third kappa shape index (κ3) is 4.83. The third-order valence-corrected chi connectivity index (χ3v) is 6.87. The molecule has 0 saturated heterocycles. The smallest absolute Gasteiger partial charge is 0.339 e. The molecule has 1 aromatic heterocycles. The third-order valence-electron chi connectivity index (χ3n) is 6.21. The van der Waals surface area contributed by atoms with Crippen molar-refractivity contribution in [2.24, 2.45) is 0 Å². The second kappa shape index (κ2) is 9.29. The molecule has 1 aromatic carbocycles. The largest absolute Gasteiger partial charge is 0.487 e. The lowest BCUT2D eigenvalue weighted by Crippen LogP contribution is -2.44. The van der Waals surface area contributed by atoms with Crippen molar-refractivity contribution in [1.82, 2.24) is 5.32 Å². The highest BCUT2D eigenvalue weighted by Gasteiger charge is 2.32. The van der Waals surface area contributed by atoms with Crippen LogP contribution in [-0.2, 0) is 28.9 Å². The lowest BCUT2D eigenvalue weighted by Gasteiger charge is -2.33. The Balaban J connectivity index is 1.73. The number of benzene rings is 1. The van der Waals surface area contributed by atoms with Gasteiger partial charge in [0, 0.05) is 22.9 Å². The van der Waals surface area contributed by atoms with E-state index >= 15 is 0 Å². The molecule has 8 nitrogen and oxygen atoms in total. The molecule has 2 aromatic rings. The normalized spacial score (nSPS) is 17.4. The fourth-order valence-corrected chi connectivity index (χ4v) is 5.11. The Labute approximate surface area is 196 Å². The van der Waals surface area contributed by atoms with Crippen LogP contribution in [0.3, 0.4) is 0 Å². The Bertz CT molecular complexity index is 1150. The topological polar surface area (TPSA) is 115 Å². The summed E-state index contributed by atoms with van der Waals surface area (Å²) in [5, 5.41) is 12.5. The molecule has 2 aliphatic rings. The van der Waals surface area contributed by atoms with E-state index in [0.717, 1.165) is 42.2 Å². The first-order chi connectivity index (χ1) is 15.7. The van der Waals surface area contributed by atoms with Crippen LogP contribution in [0.4, 0.5) is 0 Å². The molecule has 2 N–H and O–H groups in total. The maximum atomic E-state index is 12.7. The number of amides is 1. The first-order valence-electron chi connectivity index (χ1n) is 11.2. The van der Waals surface area contributed by atoms with Gasteiger partial charge in [-0.15, -0.1) is 0 Å². The highest BCUT2D eigenvalue weighted by Crippen LogP contribution is 2.44. The molecule has 0 bridgehead atoms. The molecule has 178 valence electrons. The second-order valence-corrected chi connectivity index (χ2v) is 10.1. The maximum absolute atomic E-state index is 12.7. The number of carboxylic acids is 1. The number of carbonyl (C=O) groups excluding carboxylic acids is 1. The maximum Gasteiger partial charge on any atom is 0.339 e. The lowest BCUT2D eigenvalue weighted by molar-refractivity contribution is -0.141. The van der Waals surface area contributed by atoms with Crippen molar-refractivity contribution in [2.45, 2.75) is 64.0 Å². The van der Waals surface area contributed by atoms with Crippen LogP contribution in [0.15, 0.2) is 15.3 Å². The minimum absolute atomic E-state index is 0.254. The van der Waals surface area contributed by atoms with Gasteiger partial charge >= 0.3 is 11.6 Å². The minimum atomic E-state index is -1.09. The molecule has 4 rings (SSSR count). The average molecular weight is 476 g/mol. The molecule has 1 atom stereocenters. The Morgan fingerprint density at radius 3 is 2.64 bits per heavy atom. The molecule has 9 heteroatoms. The summed E-state index contributed by atoms with van der Waals surface area (Å²) < 4.78 is 17.9. The van der Waals surface area contributed by atoms with Gasteiger partial charge in [0.2, 0.25) is 0 Å². The van der Waals surface area contributed by atoms with Gasteiger partial charge in [0.15, 0.2) is 6.61 Å². The summed E-state index contributed by atoms with van der Waals surface area (Å²) in [4.78, 5) is 36.6. The van der Waals surface area contributed by atoms with Crippen molar-refractivity contribution < 1.29 is 28.6 Å². The number of aliphatic carboxylic acids is 1. The van der Waals surface area contributed by atoms with E-state index in [1.165, 1.54) is 11.8 Å². The highest BCUT2D eigenvalue weighted by atomic mass is 32.2. The van der Waals surface area contributed by atoms with Crippen molar-refractivity contribution in [3.8, 4) is 11.5 Å². The number of ether oxygens (including phenoxy) is 2. The van der Waals surface area contributed by atoms with Gasteiger partial charge < -0.3 is 24.3 Å². The molecule has 1 aliphatic heterocycles. The van der Waals surface area contributed by atoms with Gasteiger partial charge in [0.05, 0.1) is 5.39 Å². The number of rotatable bonds is 7. The van der Waals surface area contributed by atoms with E-state index in [1.54, 1.807) is 12.3 Å². The van der Waals surface area contributed by atoms with Crippen LogP contribution in [0.1, 0.15) is 49.8 Å². The highest BCUT2D eigenvalue weighted by molar-refractivity contribution is 7.98. The van der Waals surface area contributed by atoms with E-state index < -0.39 is 17.9 Å². The van der Waals surface area contributed by atoms with Gasteiger partial charge in [-0.05, 0) is 64.2 Å². The first-order valence-corrected chi connectivity index (χ1v) is 12.6. The van der Waals surface area contributed by atoms with Crippen molar-refractivity contribution in [3.05, 3.63) is 33.2 Å². The summed E-state index contributed by atoms with van der Waals surface area (Å²) in [5.41, 5.74) is 2.20. The van der Waals surface area contributed by atoms with E-state index in [9.17, 15) is 19.5 Å². The van der Waals surface area contributed by atoms with E-state index in [-0.39, 0.29) is 23.6 Å². The molecule has 0 radical (unpaired) electrons. The van der Waals surface area contributed by atoms with Gasteiger partial charge in [-0.1, -0.05) is 0 Å². The molecule has 0 fully saturated rings. The Morgan fingerprint density at radius 2 is 1.94 bits per heavy atom. The van der Waals surface area contributed by atoms with E-state index in [0.29, 0.717) is 35.5 Å². The summed E-state index contributed by atoms with van der Waals surface area (Å²) in [5.74, 6) is -0.378. The zero-order chi connectivity index (χ0) is 23.8. The molecular weight excluding hydrogens is 446 g/mol. The summed E-state index contributed by atoms with van der Waals surface area (Å²) in [6.07, 6.45) is 6.54. The number of carboxylic acid groups (broad SMARTS) is 1. The summed E-state index contributed by atoms with van der Waals surface area (Å²) in [6.45, 7) is 3.63. The van der Waals surface area contributed by atoms with Crippen LogP contribution in [-0.4, -0.2) is 47.2 Å². The molecule has 2 heterocycles. The Kier molecular flexibility index (Phi) is 6.61. The van der Waals surface area contributed by atoms with Crippen LogP contribution in [0.5, 0.6) is 11.5 Å². The number of hydrogen-bond acceptors (Lipinski definition) is 7. The summed E-state index contributed by atoms with van der Waals surface area (Å²) in [7, 11) is 0. The average Bonchev–Trinajstić information content (AvgIpc) is 2.76. The van der Waals surface area contributed by atoms with Crippen LogP contribution in [0.25, 0.3) is 11.0 Å². The van der Waals surface area contributed by atoms with Crippen molar-refractivity contribution in [2.75, 3.05) is 18.6 Å². The van der Waals surface area contributed by atoms with Crippen molar-refractivity contribution >= 4 is 34.6 Å². The van der Waals surface area contributed by atoms with Gasteiger partial charge in [-0.2, -0.15) is 11.8 Å². The zero-order valence-corrected chi connectivity index (χ0v) is 19.9. The number of hydrogen-bond donors (Lipinski definition) is 2. The second-order valence-electron chi connectivity index (χ2n) is 9.17. The number of aryl methyl sites for hydroxylation is 2. The quantitative estimate of drug-likeness (QED) is 0.587. The van der Waals surface area contributed by atoms with E-state index in [1.807, 2.05) is 13.8 Å². The standard InChI is InChI=1S/C24H29NO7S/c1-24(2)9-8-15-17(32-24)10-18(30-11-19(26)25-16(12-33-3)22(27)28)20-13-6-4-5-7-14(13)23(29)31-21(15)20/h10,16H,4-9,11-12H2,1-3H3,(H,25,26)(H,27,28)/t16-/m0/s1. The zero-order valence-electron chi connectivity index (χ0n) is 19.1. The Morgan fingerprint density at radius 1 is 1.21 bits per heavy atom. The van der Waals surface area contributed by atoms with Gasteiger partial charge in [0.25, 0.3) is 5.91 Å². The van der Waals surface area contributed by atoms with Crippen LogP contribution in [0, 0.1) is 0 Å². The van der Waals surface area contributed by atoms with Crippen LogP contribution < -0.4 is 20.4 Å². The van der Waals surface area contributed by atoms with Crippen LogP contribution in [0.2, 0.25) is 0 Å². The molecule has 1 amide bonds. The monoisotopic (exact) mass is 475 g/mol. The van der Waals surface area contributed by atoms with Gasteiger partial charge in [-0.25, -0.2) is 9.59 Å². The number of nitrogens with one attached hydrogen (secondary N) is 1. The summed E-state index contributed by atoms with van der Waals surface area (Å²) >= 11 is 1.33. The minimum Gasteiger partial charge on any atom is -0.487 e. The van der Waals surface area contributed by atoms with Crippen molar-refractivity contribution in [3.63, 3.8) is 0 Å². The van der Waals surface area contributed by atoms with Gasteiger partial charge in [0.1, 0.15) is 28.7 Å². The molecule has 1 aliphatic carbocycles. The molecule has 0 spiro atoms. The van der Waals surface area contributed by atoms with E-state index in [2.05, 4.69) is 5.32 Å². The van der Waals surface area contributed by atoms with Gasteiger partial charge in [-0.3, -0.25) is 4.79 Å². The molecule has 33 heavy (non-hydrogen) atoms. The number of carbonyl (C=O) groups is 2. The van der Waals surface area contributed by atoms with E-state index in [4.69, 9.17) is 13.9 Å². The predicted octanol–water partition coefficient (Wildman–Crippen LogP) is 3.09. The number of fused-ring (bicyclic) bond motifs is 5. The van der Waals surface area contributed by atoms with Crippen molar-refractivity contribution in [1.29, 1.82) is 0 Å². The first kappa shape index (κ1) is 23.5. The number of thioether (sulfide) groups is 1. The molecular formula is C24H29NO7S. The van der Waals surface area contributed by atoms with Crippen LogP contribution >= 0.6 is 11.8 Å². The fraction of sp³-hybridized carbons (Fsp3) is 0.542. The fourth-order valence-electron chi connectivity index (χ4n) is 4.55. The molecule has 0 unspecified atom stereocenters. The SMILES string of the molecule is CSC[C@H](NC(=O)COc1cc2c(c3oc(=O)c4c(c13)CCCC4)CCC(C)(C)O2)C(=O)O. The lowest BCUT2D eigenvalue weighted by atomic mass is 9.87. The predicted molar refractivity (Wildman–Crippen MR) is 126 cm³/mol. The molecule has 0 saturated carbocycles. The Hall–Kier alpha value is -2.68. The summed E-state index contributed by atoms with van der Waals surface area (Å²) in [6, 6.07) is 0.781.